The summed E-state index contributed by atoms with van der Waals surface area (Å²) in [4.78, 5) is 27.3. The summed E-state index contributed by atoms with van der Waals surface area (Å²) >= 11 is 0. The third kappa shape index (κ3) is 3.57. The molecule has 1 aromatic heterocycles. The molecule has 1 N–H and O–H groups in total. The Hall–Kier alpha value is -2.63. The number of anilines is 1. The topological polar surface area (TPSA) is 67.2 Å². The largest absolute Gasteiger partial charge is 0.338 e. The van der Waals surface area contributed by atoms with Crippen LogP contribution in [0.25, 0.3) is 0 Å². The van der Waals surface area contributed by atoms with Crippen LogP contribution in [-0.2, 0) is 11.8 Å². The number of aryl methyl sites for hydroxylation is 2. The van der Waals surface area contributed by atoms with Crippen LogP contribution in [0.5, 0.6) is 0 Å². The Morgan fingerprint density at radius 2 is 1.92 bits per heavy atom. The van der Waals surface area contributed by atoms with Crippen LogP contribution in [0, 0.1) is 19.8 Å². The Morgan fingerprint density at radius 3 is 2.56 bits per heavy atom. The highest BCUT2D eigenvalue weighted by atomic mass is 16.2. The van der Waals surface area contributed by atoms with E-state index < -0.39 is 0 Å². The maximum atomic E-state index is 12.9. The van der Waals surface area contributed by atoms with E-state index >= 15 is 0 Å². The average Bonchev–Trinajstić information content (AvgIpc) is 2.87. The second-order valence-electron chi connectivity index (χ2n) is 6.62. The zero-order valence-corrected chi connectivity index (χ0v) is 15.0. The zero-order chi connectivity index (χ0) is 18.0. The molecule has 2 amide bonds. The second-order valence-corrected chi connectivity index (χ2v) is 6.62. The fourth-order valence-electron chi connectivity index (χ4n) is 3.38. The highest BCUT2D eigenvalue weighted by Crippen LogP contribution is 2.22. The molecular weight excluding hydrogens is 316 g/mol. The molecule has 6 heteroatoms. The molecule has 25 heavy (non-hydrogen) atoms. The van der Waals surface area contributed by atoms with Crippen LogP contribution in [-0.4, -0.2) is 39.6 Å². The van der Waals surface area contributed by atoms with Crippen LogP contribution < -0.4 is 5.32 Å². The van der Waals surface area contributed by atoms with E-state index in [2.05, 4.69) is 10.4 Å². The molecule has 0 spiro atoms. The van der Waals surface area contributed by atoms with Gasteiger partial charge >= 0.3 is 0 Å². The molecule has 132 valence electrons. The van der Waals surface area contributed by atoms with E-state index in [0.717, 1.165) is 29.9 Å². The van der Waals surface area contributed by atoms with Gasteiger partial charge in [0.2, 0.25) is 5.91 Å². The summed E-state index contributed by atoms with van der Waals surface area (Å²) in [7, 11) is 1.84. The number of benzene rings is 1. The van der Waals surface area contributed by atoms with E-state index in [9.17, 15) is 9.59 Å². The molecule has 1 unspecified atom stereocenters. The zero-order valence-electron chi connectivity index (χ0n) is 15.0. The van der Waals surface area contributed by atoms with Crippen molar-refractivity contribution in [3.8, 4) is 0 Å². The van der Waals surface area contributed by atoms with Crippen molar-refractivity contribution in [2.45, 2.75) is 26.7 Å². The van der Waals surface area contributed by atoms with Crippen LogP contribution in [0.2, 0.25) is 0 Å². The number of hydrogen-bond donors (Lipinski definition) is 1. The van der Waals surface area contributed by atoms with Gasteiger partial charge in [-0.05, 0) is 38.8 Å². The number of rotatable bonds is 3. The number of carbonyl (C=O) groups is 2. The van der Waals surface area contributed by atoms with Gasteiger partial charge in [0.1, 0.15) is 0 Å². The number of amides is 2. The van der Waals surface area contributed by atoms with Crippen molar-refractivity contribution in [1.29, 1.82) is 0 Å². The molecule has 1 aliphatic rings. The van der Waals surface area contributed by atoms with Gasteiger partial charge in [0.15, 0.2) is 0 Å². The lowest BCUT2D eigenvalue weighted by Gasteiger charge is -2.32. The monoisotopic (exact) mass is 340 g/mol. The Balaban J connectivity index is 1.70. The summed E-state index contributed by atoms with van der Waals surface area (Å²) in [5, 5.41) is 7.27. The molecule has 1 aromatic carbocycles. The van der Waals surface area contributed by atoms with Gasteiger partial charge in [0.05, 0.1) is 17.2 Å². The van der Waals surface area contributed by atoms with Gasteiger partial charge in [-0.2, -0.15) is 5.10 Å². The van der Waals surface area contributed by atoms with Crippen LogP contribution in [0.1, 0.15) is 34.6 Å². The normalized spacial score (nSPS) is 17.4. The predicted octanol–water partition coefficient (Wildman–Crippen LogP) is 2.53. The van der Waals surface area contributed by atoms with Gasteiger partial charge in [-0.3, -0.25) is 14.3 Å². The van der Waals surface area contributed by atoms with E-state index in [1.807, 2.05) is 51.2 Å². The van der Waals surface area contributed by atoms with Crippen molar-refractivity contribution in [1.82, 2.24) is 14.7 Å². The molecular formula is C19H24N4O2. The van der Waals surface area contributed by atoms with E-state index in [1.54, 1.807) is 9.58 Å². The highest BCUT2D eigenvalue weighted by Gasteiger charge is 2.31. The van der Waals surface area contributed by atoms with E-state index in [-0.39, 0.29) is 17.7 Å². The quantitative estimate of drug-likeness (QED) is 0.934. The lowest BCUT2D eigenvalue weighted by molar-refractivity contribution is -0.121. The molecule has 0 radical (unpaired) electrons. The highest BCUT2D eigenvalue weighted by molar-refractivity contribution is 5.97. The lowest BCUT2D eigenvalue weighted by atomic mass is 9.96. The number of hydrogen-bond acceptors (Lipinski definition) is 3. The van der Waals surface area contributed by atoms with Gasteiger partial charge in [0.25, 0.3) is 5.91 Å². The summed E-state index contributed by atoms with van der Waals surface area (Å²) < 4.78 is 1.73. The van der Waals surface area contributed by atoms with Gasteiger partial charge in [0, 0.05) is 31.5 Å². The predicted molar refractivity (Wildman–Crippen MR) is 96.4 cm³/mol. The molecule has 2 aromatic rings. The number of carbonyl (C=O) groups excluding carboxylic acids is 2. The SMILES string of the molecule is Cc1nn(C)c(C)c1C(=O)N1CCCC(C(=O)Nc2ccccc2)C1. The second kappa shape index (κ2) is 7.09. The van der Waals surface area contributed by atoms with Crippen molar-refractivity contribution in [3.63, 3.8) is 0 Å². The van der Waals surface area contributed by atoms with Crippen molar-refractivity contribution in [2.75, 3.05) is 18.4 Å². The molecule has 1 atom stereocenters. The molecule has 0 aliphatic carbocycles. The van der Waals surface area contributed by atoms with Crippen molar-refractivity contribution in [2.24, 2.45) is 13.0 Å². The van der Waals surface area contributed by atoms with Gasteiger partial charge in [-0.1, -0.05) is 18.2 Å². The standard InChI is InChI=1S/C19H24N4O2/c1-13-17(14(2)22(3)21-13)19(25)23-11-7-8-15(12-23)18(24)20-16-9-5-4-6-10-16/h4-6,9-10,15H,7-8,11-12H2,1-3H3,(H,20,24). The number of piperidine rings is 1. The maximum Gasteiger partial charge on any atom is 0.257 e. The Kier molecular flexibility index (Phi) is 4.88. The third-order valence-corrected chi connectivity index (χ3v) is 4.84. The van der Waals surface area contributed by atoms with E-state index in [0.29, 0.717) is 18.7 Å². The minimum absolute atomic E-state index is 0.0247. The van der Waals surface area contributed by atoms with Crippen LogP contribution >= 0.6 is 0 Å². The molecule has 3 rings (SSSR count). The Bertz CT molecular complexity index is 782. The summed E-state index contributed by atoms with van der Waals surface area (Å²) in [6.07, 6.45) is 1.63. The number of para-hydroxylation sites is 1. The van der Waals surface area contributed by atoms with E-state index in [4.69, 9.17) is 0 Å². The molecule has 1 aliphatic heterocycles. The number of likely N-dealkylation sites (tertiary alicyclic amines) is 1. The number of aromatic nitrogens is 2. The van der Waals surface area contributed by atoms with Crippen LogP contribution in [0.4, 0.5) is 5.69 Å². The lowest BCUT2D eigenvalue weighted by Crippen LogP contribution is -2.44. The minimum Gasteiger partial charge on any atom is -0.338 e. The first-order valence-corrected chi connectivity index (χ1v) is 8.62. The minimum atomic E-state index is -0.185. The first-order chi connectivity index (χ1) is 12.0. The molecule has 1 fully saturated rings. The number of nitrogens with zero attached hydrogens (tertiary/aromatic N) is 3. The van der Waals surface area contributed by atoms with Crippen molar-refractivity contribution < 1.29 is 9.59 Å². The molecule has 0 saturated carbocycles. The van der Waals surface area contributed by atoms with E-state index in [1.165, 1.54) is 0 Å². The Morgan fingerprint density at radius 1 is 1.20 bits per heavy atom. The summed E-state index contributed by atoms with van der Waals surface area (Å²) in [5.41, 5.74) is 3.04. The molecule has 2 heterocycles. The smallest absolute Gasteiger partial charge is 0.257 e. The summed E-state index contributed by atoms with van der Waals surface area (Å²) in [6.45, 7) is 4.88. The van der Waals surface area contributed by atoms with Gasteiger partial charge in [-0.15, -0.1) is 0 Å². The number of nitrogens with one attached hydrogen (secondary N) is 1. The molecule has 0 bridgehead atoms. The van der Waals surface area contributed by atoms with Crippen molar-refractivity contribution >= 4 is 17.5 Å². The first kappa shape index (κ1) is 17.2. The maximum absolute atomic E-state index is 12.9. The fraction of sp³-hybridized carbons (Fsp3) is 0.421. The van der Waals surface area contributed by atoms with Crippen LogP contribution in [0.15, 0.2) is 30.3 Å². The van der Waals surface area contributed by atoms with Gasteiger partial charge < -0.3 is 10.2 Å². The molecule has 1 saturated heterocycles. The Labute approximate surface area is 147 Å². The third-order valence-electron chi connectivity index (χ3n) is 4.84. The fourth-order valence-corrected chi connectivity index (χ4v) is 3.38. The summed E-state index contributed by atoms with van der Waals surface area (Å²) in [5.74, 6) is -0.237. The summed E-state index contributed by atoms with van der Waals surface area (Å²) in [6, 6.07) is 9.42. The van der Waals surface area contributed by atoms with Gasteiger partial charge in [-0.25, -0.2) is 0 Å². The van der Waals surface area contributed by atoms with Crippen LogP contribution in [0.3, 0.4) is 0 Å². The average molecular weight is 340 g/mol. The molecule has 6 nitrogen and oxygen atoms in total. The first-order valence-electron chi connectivity index (χ1n) is 8.62. The van der Waals surface area contributed by atoms with Crippen molar-refractivity contribution in [3.05, 3.63) is 47.3 Å².